The van der Waals surface area contributed by atoms with Crippen molar-refractivity contribution in [1.82, 2.24) is 0 Å². The highest BCUT2D eigenvalue weighted by Gasteiger charge is 2.50. The maximum atomic E-state index is 5.70. The van der Waals surface area contributed by atoms with Crippen molar-refractivity contribution in [2.24, 2.45) is 0 Å². The SMILES string of the molecule is Cc1ccc2c(c1)C1(CCO2)COC1C. The normalized spacial score (nSPS) is 33.1. The molecule has 0 saturated carbocycles. The summed E-state index contributed by atoms with van der Waals surface area (Å²) in [6.45, 7) is 5.98. The van der Waals surface area contributed by atoms with Crippen LogP contribution in [0.2, 0.25) is 0 Å². The third-order valence-corrected chi connectivity index (χ3v) is 3.85. The third kappa shape index (κ3) is 1.14. The summed E-state index contributed by atoms with van der Waals surface area (Å²) in [6, 6.07) is 6.46. The zero-order valence-corrected chi connectivity index (χ0v) is 9.25. The number of hydrogen-bond donors (Lipinski definition) is 0. The Hall–Kier alpha value is -1.02. The number of aryl methyl sites for hydroxylation is 1. The highest BCUT2D eigenvalue weighted by atomic mass is 16.5. The molecule has 2 heteroatoms. The zero-order chi connectivity index (χ0) is 10.5. The predicted octanol–water partition coefficient (Wildman–Crippen LogP) is 2.43. The van der Waals surface area contributed by atoms with Crippen molar-refractivity contribution in [2.45, 2.75) is 31.8 Å². The Bertz CT molecular complexity index is 400. The number of benzene rings is 1. The third-order valence-electron chi connectivity index (χ3n) is 3.85. The van der Waals surface area contributed by atoms with Crippen LogP contribution in [-0.2, 0) is 10.2 Å². The number of rotatable bonds is 0. The van der Waals surface area contributed by atoms with Crippen LogP contribution in [0.1, 0.15) is 24.5 Å². The summed E-state index contributed by atoms with van der Waals surface area (Å²) < 4.78 is 11.3. The second-order valence-corrected chi connectivity index (χ2v) is 4.71. The molecule has 1 aromatic rings. The van der Waals surface area contributed by atoms with Gasteiger partial charge in [-0.05, 0) is 26.3 Å². The molecule has 0 radical (unpaired) electrons. The average Bonchev–Trinajstić information content (AvgIpc) is 2.26. The average molecular weight is 204 g/mol. The molecule has 1 saturated heterocycles. The quantitative estimate of drug-likeness (QED) is 0.646. The molecule has 2 aliphatic rings. The Kier molecular flexibility index (Phi) is 1.84. The van der Waals surface area contributed by atoms with Crippen LogP contribution in [0.5, 0.6) is 5.75 Å². The first-order chi connectivity index (χ1) is 7.22. The van der Waals surface area contributed by atoms with Crippen molar-refractivity contribution in [3.05, 3.63) is 29.3 Å². The van der Waals surface area contributed by atoms with Gasteiger partial charge in [0.25, 0.3) is 0 Å². The molecule has 3 rings (SSSR count). The van der Waals surface area contributed by atoms with Gasteiger partial charge in [-0.3, -0.25) is 0 Å². The molecule has 0 aliphatic carbocycles. The number of hydrogen-bond acceptors (Lipinski definition) is 2. The largest absolute Gasteiger partial charge is 0.493 e. The molecule has 1 fully saturated rings. The summed E-state index contributed by atoms with van der Waals surface area (Å²) in [4.78, 5) is 0. The van der Waals surface area contributed by atoms with Crippen LogP contribution in [0.4, 0.5) is 0 Å². The van der Waals surface area contributed by atoms with Gasteiger partial charge in [0, 0.05) is 5.56 Å². The van der Waals surface area contributed by atoms with E-state index in [0.29, 0.717) is 6.10 Å². The lowest BCUT2D eigenvalue weighted by Gasteiger charge is -2.50. The molecule has 2 unspecified atom stereocenters. The van der Waals surface area contributed by atoms with Gasteiger partial charge in [-0.25, -0.2) is 0 Å². The zero-order valence-electron chi connectivity index (χ0n) is 9.25. The molecule has 15 heavy (non-hydrogen) atoms. The van der Waals surface area contributed by atoms with Gasteiger partial charge in [-0.1, -0.05) is 17.7 Å². The van der Waals surface area contributed by atoms with Crippen molar-refractivity contribution < 1.29 is 9.47 Å². The first-order valence-electron chi connectivity index (χ1n) is 5.58. The van der Waals surface area contributed by atoms with E-state index in [-0.39, 0.29) is 5.41 Å². The summed E-state index contributed by atoms with van der Waals surface area (Å²) in [5, 5.41) is 0. The van der Waals surface area contributed by atoms with E-state index in [1.807, 2.05) is 0 Å². The summed E-state index contributed by atoms with van der Waals surface area (Å²) in [5.74, 6) is 1.06. The van der Waals surface area contributed by atoms with Crippen LogP contribution >= 0.6 is 0 Å². The molecule has 1 spiro atoms. The Morgan fingerprint density at radius 2 is 2.27 bits per heavy atom. The first-order valence-corrected chi connectivity index (χ1v) is 5.58. The van der Waals surface area contributed by atoms with Gasteiger partial charge < -0.3 is 9.47 Å². The molecular formula is C13H16O2. The predicted molar refractivity (Wildman–Crippen MR) is 58.4 cm³/mol. The van der Waals surface area contributed by atoms with Crippen molar-refractivity contribution in [3.63, 3.8) is 0 Å². The minimum atomic E-state index is 0.236. The van der Waals surface area contributed by atoms with Gasteiger partial charge in [0.1, 0.15) is 5.75 Å². The Balaban J connectivity index is 2.13. The van der Waals surface area contributed by atoms with Gasteiger partial charge >= 0.3 is 0 Å². The summed E-state index contributed by atoms with van der Waals surface area (Å²) in [6.07, 6.45) is 1.42. The van der Waals surface area contributed by atoms with E-state index in [1.165, 1.54) is 11.1 Å². The molecule has 0 amide bonds. The fourth-order valence-corrected chi connectivity index (χ4v) is 2.66. The van der Waals surface area contributed by atoms with Crippen molar-refractivity contribution >= 4 is 0 Å². The van der Waals surface area contributed by atoms with Gasteiger partial charge in [0.05, 0.1) is 24.7 Å². The maximum absolute atomic E-state index is 5.70. The fraction of sp³-hybridized carbons (Fsp3) is 0.538. The first kappa shape index (κ1) is 9.22. The van der Waals surface area contributed by atoms with Crippen LogP contribution in [0, 0.1) is 6.92 Å². The van der Waals surface area contributed by atoms with Gasteiger partial charge in [-0.2, -0.15) is 0 Å². The molecule has 0 aromatic heterocycles. The minimum Gasteiger partial charge on any atom is -0.493 e. The summed E-state index contributed by atoms with van der Waals surface area (Å²) >= 11 is 0. The van der Waals surface area contributed by atoms with E-state index >= 15 is 0 Å². The van der Waals surface area contributed by atoms with Crippen LogP contribution in [0.3, 0.4) is 0 Å². The Morgan fingerprint density at radius 3 is 2.93 bits per heavy atom. The van der Waals surface area contributed by atoms with Gasteiger partial charge in [0.2, 0.25) is 0 Å². The fourth-order valence-electron chi connectivity index (χ4n) is 2.66. The highest BCUT2D eigenvalue weighted by molar-refractivity contribution is 5.46. The van der Waals surface area contributed by atoms with E-state index in [0.717, 1.165) is 25.4 Å². The monoisotopic (exact) mass is 204 g/mol. The topological polar surface area (TPSA) is 18.5 Å². The van der Waals surface area contributed by atoms with E-state index in [4.69, 9.17) is 9.47 Å². The van der Waals surface area contributed by atoms with Gasteiger partial charge in [0.15, 0.2) is 0 Å². The lowest BCUT2D eigenvalue weighted by molar-refractivity contribution is -0.141. The van der Waals surface area contributed by atoms with Crippen LogP contribution in [-0.4, -0.2) is 19.3 Å². The van der Waals surface area contributed by atoms with Crippen LogP contribution in [0.15, 0.2) is 18.2 Å². The maximum Gasteiger partial charge on any atom is 0.123 e. The van der Waals surface area contributed by atoms with Crippen LogP contribution in [0.25, 0.3) is 0 Å². The van der Waals surface area contributed by atoms with E-state index in [9.17, 15) is 0 Å². The molecule has 1 aromatic carbocycles. The molecule has 80 valence electrons. The van der Waals surface area contributed by atoms with E-state index in [1.54, 1.807) is 0 Å². The summed E-state index contributed by atoms with van der Waals surface area (Å²) in [7, 11) is 0. The highest BCUT2D eigenvalue weighted by Crippen LogP contribution is 2.47. The molecule has 2 heterocycles. The lowest BCUT2D eigenvalue weighted by Crippen LogP contribution is -2.56. The Morgan fingerprint density at radius 1 is 1.40 bits per heavy atom. The minimum absolute atomic E-state index is 0.236. The Labute approximate surface area is 90.2 Å². The van der Waals surface area contributed by atoms with Crippen molar-refractivity contribution in [3.8, 4) is 5.75 Å². The molecular weight excluding hydrogens is 188 g/mol. The second kappa shape index (κ2) is 2.99. The molecule has 0 bridgehead atoms. The van der Waals surface area contributed by atoms with Crippen LogP contribution < -0.4 is 4.74 Å². The van der Waals surface area contributed by atoms with E-state index in [2.05, 4.69) is 32.0 Å². The van der Waals surface area contributed by atoms with Crippen molar-refractivity contribution in [2.75, 3.05) is 13.2 Å². The smallest absolute Gasteiger partial charge is 0.123 e. The van der Waals surface area contributed by atoms with Gasteiger partial charge in [-0.15, -0.1) is 0 Å². The molecule has 2 aliphatic heterocycles. The lowest BCUT2D eigenvalue weighted by atomic mass is 9.69. The van der Waals surface area contributed by atoms with E-state index < -0.39 is 0 Å². The standard InChI is InChI=1S/C13H16O2/c1-9-3-4-12-11(7-9)13(5-6-14-12)8-15-10(13)2/h3-4,7,10H,5-6,8H2,1-2H3. The molecule has 2 nitrogen and oxygen atoms in total. The second-order valence-electron chi connectivity index (χ2n) is 4.71. The molecule has 2 atom stereocenters. The summed E-state index contributed by atoms with van der Waals surface area (Å²) in [5.41, 5.74) is 2.89. The number of ether oxygens (including phenoxy) is 2. The number of fused-ring (bicyclic) bond motifs is 2. The van der Waals surface area contributed by atoms with Crippen molar-refractivity contribution in [1.29, 1.82) is 0 Å². The molecule has 0 N–H and O–H groups in total.